The van der Waals surface area contributed by atoms with E-state index >= 15 is 0 Å². The van der Waals surface area contributed by atoms with Crippen molar-refractivity contribution in [1.82, 2.24) is 30.2 Å². The molecular weight excluding hydrogens is 827 g/mol. The Morgan fingerprint density at radius 2 is 1.05 bits per heavy atom. The number of rotatable bonds is 24. The molecule has 0 aromatic heterocycles. The number of carbonyl (C=O) groups is 5. The number of nitrogens with zero attached hydrogens (tertiary/aromatic N) is 4. The number of carbonyl (C=O) groups excluding carboxylic acids is 5. The van der Waals surface area contributed by atoms with Gasteiger partial charge in [0.15, 0.2) is 0 Å². The highest BCUT2D eigenvalue weighted by atomic mass is 16.2. The maximum absolute atomic E-state index is 14.2. The maximum atomic E-state index is 14.2. The molecular formula is C54H87N7O5. The third-order valence-corrected chi connectivity index (χ3v) is 14.1. The molecule has 2 saturated heterocycles. The van der Waals surface area contributed by atoms with E-state index in [1.54, 1.807) is 14.0 Å². The normalized spacial score (nSPS) is 18.9. The largest absolute Gasteiger partial charge is 0.342 e. The van der Waals surface area contributed by atoms with Gasteiger partial charge in [0, 0.05) is 64.2 Å². The maximum Gasteiger partial charge on any atom is 0.246 e. The van der Waals surface area contributed by atoms with E-state index in [1.165, 1.54) is 11.1 Å². The molecule has 0 spiro atoms. The first kappa shape index (κ1) is 54.3. The first-order valence-corrected chi connectivity index (χ1v) is 25.2. The van der Waals surface area contributed by atoms with Crippen LogP contribution in [0, 0.1) is 10.8 Å². The lowest BCUT2D eigenvalue weighted by Crippen LogP contribution is -2.59. The number of nitrogens with two attached hydrogens (primary N) is 1. The van der Waals surface area contributed by atoms with Gasteiger partial charge in [-0.2, -0.15) is 0 Å². The van der Waals surface area contributed by atoms with Gasteiger partial charge in [-0.25, -0.2) is 0 Å². The molecule has 368 valence electrons. The Bertz CT molecular complexity index is 1830. The van der Waals surface area contributed by atoms with E-state index in [0.29, 0.717) is 52.1 Å². The fraction of sp³-hybridized carbons (Fsp3) is 0.685. The van der Waals surface area contributed by atoms with Gasteiger partial charge in [0.05, 0.1) is 12.1 Å². The molecule has 4 rings (SSSR count). The Hall–Kier alpha value is -4.29. The Labute approximate surface area is 398 Å². The summed E-state index contributed by atoms with van der Waals surface area (Å²) in [6.45, 7) is 21.5. The van der Waals surface area contributed by atoms with Crippen molar-refractivity contribution in [2.75, 3.05) is 46.3 Å². The molecule has 0 radical (unpaired) electrons. The van der Waals surface area contributed by atoms with Crippen molar-refractivity contribution in [2.24, 2.45) is 16.6 Å². The third kappa shape index (κ3) is 16.2. The summed E-state index contributed by atoms with van der Waals surface area (Å²) in [6.07, 6.45) is 9.78. The first-order chi connectivity index (χ1) is 31.2. The van der Waals surface area contributed by atoms with Crippen LogP contribution in [0.3, 0.4) is 0 Å². The lowest BCUT2D eigenvalue weighted by molar-refractivity contribution is -0.142. The fourth-order valence-electron chi connectivity index (χ4n) is 9.47. The summed E-state index contributed by atoms with van der Waals surface area (Å²) in [5.74, 6) is 0.205. The minimum absolute atomic E-state index is 0.0233. The summed E-state index contributed by atoms with van der Waals surface area (Å²) >= 11 is 0. The minimum atomic E-state index is -0.688. The van der Waals surface area contributed by atoms with Crippen LogP contribution < -0.4 is 16.4 Å². The van der Waals surface area contributed by atoms with Gasteiger partial charge >= 0.3 is 0 Å². The zero-order valence-corrected chi connectivity index (χ0v) is 42.5. The first-order valence-electron chi connectivity index (χ1n) is 25.2. The van der Waals surface area contributed by atoms with Crippen molar-refractivity contribution >= 4 is 29.5 Å². The number of unbranched alkanes of at least 4 members (excludes halogenated alkanes) is 5. The molecule has 2 aliphatic heterocycles. The molecule has 2 aliphatic rings. The Balaban J connectivity index is 1.31. The Kier molecular flexibility index (Phi) is 21.2. The summed E-state index contributed by atoms with van der Waals surface area (Å²) in [6, 6.07) is 18.7. The summed E-state index contributed by atoms with van der Waals surface area (Å²) in [4.78, 5) is 76.6. The SMILES string of the molecule is CN[C@@H](C)C(=O)N[C@H](C(=O)N1CCC[C@H]1CN(C[C@H](C)c1ccccc1)C(=O)CCCCCCCCC(=O)N(C[C@@H]1CCCN1C(=O)[C@@H](N)C(C)(C)C)C[C@H](C)c1ccccc1)C(C)(C)C. The van der Waals surface area contributed by atoms with E-state index in [0.717, 1.165) is 64.2 Å². The van der Waals surface area contributed by atoms with E-state index < -0.39 is 23.5 Å². The fourth-order valence-corrected chi connectivity index (χ4v) is 9.47. The predicted octanol–water partition coefficient (Wildman–Crippen LogP) is 7.87. The van der Waals surface area contributed by atoms with E-state index in [1.807, 2.05) is 97.5 Å². The topological polar surface area (TPSA) is 148 Å². The van der Waals surface area contributed by atoms with Crippen LogP contribution in [0.1, 0.15) is 162 Å². The second-order valence-corrected chi connectivity index (χ2v) is 21.7. The van der Waals surface area contributed by atoms with Crippen molar-refractivity contribution in [1.29, 1.82) is 0 Å². The summed E-state index contributed by atoms with van der Waals surface area (Å²) in [5, 5.41) is 6.00. The van der Waals surface area contributed by atoms with E-state index in [9.17, 15) is 24.0 Å². The monoisotopic (exact) mass is 914 g/mol. The number of benzene rings is 2. The molecule has 7 atom stereocenters. The number of amides is 5. The van der Waals surface area contributed by atoms with Crippen LogP contribution in [0.25, 0.3) is 0 Å². The average molecular weight is 914 g/mol. The second kappa shape index (κ2) is 25.7. The number of hydrogen-bond donors (Lipinski definition) is 3. The number of likely N-dealkylation sites (tertiary alicyclic amines) is 2. The van der Waals surface area contributed by atoms with Crippen LogP contribution in [-0.4, -0.2) is 126 Å². The lowest BCUT2D eigenvalue weighted by atomic mass is 9.85. The molecule has 0 saturated carbocycles. The van der Waals surface area contributed by atoms with E-state index in [-0.39, 0.29) is 58.9 Å². The molecule has 0 aliphatic carbocycles. The highest BCUT2D eigenvalue weighted by molar-refractivity contribution is 5.90. The number of likely N-dealkylation sites (N-methyl/N-ethyl adjacent to an activating group) is 1. The van der Waals surface area contributed by atoms with Gasteiger partial charge in [-0.3, -0.25) is 24.0 Å². The van der Waals surface area contributed by atoms with Crippen molar-refractivity contribution in [3.05, 3.63) is 71.8 Å². The van der Waals surface area contributed by atoms with Crippen LogP contribution in [0.4, 0.5) is 0 Å². The van der Waals surface area contributed by atoms with Crippen LogP contribution in [0.15, 0.2) is 60.7 Å². The quantitative estimate of drug-likeness (QED) is 0.0909. The highest BCUT2D eigenvalue weighted by Crippen LogP contribution is 2.29. The molecule has 12 nitrogen and oxygen atoms in total. The van der Waals surface area contributed by atoms with E-state index in [2.05, 4.69) is 48.7 Å². The molecule has 2 aromatic rings. The van der Waals surface area contributed by atoms with Gasteiger partial charge in [0.1, 0.15) is 6.04 Å². The number of hydrogen-bond acceptors (Lipinski definition) is 7. The van der Waals surface area contributed by atoms with Gasteiger partial charge in [-0.15, -0.1) is 0 Å². The molecule has 0 bridgehead atoms. The van der Waals surface area contributed by atoms with Crippen LogP contribution in [0.2, 0.25) is 0 Å². The highest BCUT2D eigenvalue weighted by Gasteiger charge is 2.41. The van der Waals surface area contributed by atoms with Crippen LogP contribution in [0.5, 0.6) is 0 Å². The van der Waals surface area contributed by atoms with Crippen molar-refractivity contribution in [3.63, 3.8) is 0 Å². The second-order valence-electron chi connectivity index (χ2n) is 21.7. The molecule has 4 N–H and O–H groups in total. The van der Waals surface area contributed by atoms with Gasteiger partial charge in [0.2, 0.25) is 29.5 Å². The number of nitrogens with one attached hydrogen (secondary N) is 2. The molecule has 2 fully saturated rings. The molecule has 2 heterocycles. The zero-order valence-electron chi connectivity index (χ0n) is 42.5. The molecule has 12 heteroatoms. The summed E-state index contributed by atoms with van der Waals surface area (Å²) < 4.78 is 0. The molecule has 66 heavy (non-hydrogen) atoms. The van der Waals surface area contributed by atoms with Crippen molar-refractivity contribution in [3.8, 4) is 0 Å². The van der Waals surface area contributed by atoms with Crippen LogP contribution in [-0.2, 0) is 24.0 Å². The molecule has 2 aromatic carbocycles. The van der Waals surface area contributed by atoms with Crippen LogP contribution >= 0.6 is 0 Å². The molecule has 5 amide bonds. The van der Waals surface area contributed by atoms with E-state index in [4.69, 9.17) is 5.73 Å². The Morgan fingerprint density at radius 1 is 0.636 bits per heavy atom. The van der Waals surface area contributed by atoms with Crippen molar-refractivity contribution in [2.45, 2.75) is 181 Å². The van der Waals surface area contributed by atoms with Crippen molar-refractivity contribution < 1.29 is 24.0 Å². The summed E-state index contributed by atoms with van der Waals surface area (Å²) in [7, 11) is 1.73. The predicted molar refractivity (Wildman–Crippen MR) is 267 cm³/mol. The zero-order chi connectivity index (χ0) is 48.6. The molecule has 0 unspecified atom stereocenters. The van der Waals surface area contributed by atoms with Gasteiger partial charge < -0.3 is 36.0 Å². The lowest BCUT2D eigenvalue weighted by Gasteiger charge is -2.38. The Morgan fingerprint density at radius 3 is 1.44 bits per heavy atom. The standard InChI is InChI=1S/C54H87N7O5/c1-39(42-25-17-15-18-26-42)35-58(37-44-29-23-33-60(44)51(65)48(55)53(4,5)6)46(62)31-21-13-11-12-14-22-32-47(63)59(36-40(2)43-27-19-16-20-28-43)38-45-30-24-34-61(45)52(66)49(54(7,8)9)57-50(64)41(3)56-10/h15-20,25-28,39-41,44-45,48-49,56H,11-14,21-24,29-38,55H2,1-10H3,(H,57,64)/t39-,40-,41-,44-,45-,48+,49+/m0/s1. The minimum Gasteiger partial charge on any atom is -0.342 e. The third-order valence-electron chi connectivity index (χ3n) is 14.1. The summed E-state index contributed by atoms with van der Waals surface area (Å²) in [5.41, 5.74) is 7.97. The van der Waals surface area contributed by atoms with Gasteiger partial charge in [0.25, 0.3) is 0 Å². The average Bonchev–Trinajstić information content (AvgIpc) is 3.97. The smallest absolute Gasteiger partial charge is 0.246 e. The van der Waals surface area contributed by atoms with Gasteiger partial charge in [-0.1, -0.05) is 142 Å². The van der Waals surface area contributed by atoms with Gasteiger partial charge in [-0.05, 0) is 86.3 Å².